The van der Waals surface area contributed by atoms with E-state index in [1.807, 2.05) is 36.4 Å². The number of benzene rings is 3. The molecule has 0 spiro atoms. The topological polar surface area (TPSA) is 54.7 Å². The van der Waals surface area contributed by atoms with Gasteiger partial charge in [-0.05, 0) is 48.5 Å². The molecule has 30 heavy (non-hydrogen) atoms. The number of ether oxygens (including phenoxy) is 3. The third-order valence-corrected chi connectivity index (χ3v) is 5.08. The summed E-state index contributed by atoms with van der Waals surface area (Å²) in [5.74, 6) is 2.18. The Balaban J connectivity index is 1.50. The SMILES string of the molecule is CN(CCC(Oc1cccc(C#N)c1)c1ccc2c(c1)OCO2)Cc1ccccc1. The quantitative estimate of drug-likeness (QED) is 0.537. The summed E-state index contributed by atoms with van der Waals surface area (Å²) >= 11 is 0. The van der Waals surface area contributed by atoms with Crippen LogP contribution in [0, 0.1) is 11.3 Å². The molecule has 0 N–H and O–H groups in total. The molecule has 1 aliphatic rings. The van der Waals surface area contributed by atoms with E-state index in [0.717, 1.165) is 36.6 Å². The lowest BCUT2D eigenvalue weighted by atomic mass is 10.0. The van der Waals surface area contributed by atoms with Gasteiger partial charge in [0.15, 0.2) is 11.5 Å². The second-order valence-corrected chi connectivity index (χ2v) is 7.37. The van der Waals surface area contributed by atoms with E-state index in [2.05, 4.69) is 42.3 Å². The van der Waals surface area contributed by atoms with Crippen molar-refractivity contribution in [1.82, 2.24) is 4.90 Å². The van der Waals surface area contributed by atoms with E-state index in [1.54, 1.807) is 12.1 Å². The van der Waals surface area contributed by atoms with Crippen LogP contribution in [0.25, 0.3) is 0 Å². The fraction of sp³-hybridized carbons (Fsp3) is 0.240. The van der Waals surface area contributed by atoms with Gasteiger partial charge < -0.3 is 19.1 Å². The fourth-order valence-corrected chi connectivity index (χ4v) is 3.52. The summed E-state index contributed by atoms with van der Waals surface area (Å²) in [4.78, 5) is 2.28. The molecule has 4 rings (SSSR count). The van der Waals surface area contributed by atoms with Gasteiger partial charge in [-0.3, -0.25) is 0 Å². The van der Waals surface area contributed by atoms with Crippen LogP contribution in [0.2, 0.25) is 0 Å². The van der Waals surface area contributed by atoms with Gasteiger partial charge in [0.05, 0.1) is 11.6 Å². The number of rotatable bonds is 8. The van der Waals surface area contributed by atoms with Gasteiger partial charge in [-0.1, -0.05) is 42.5 Å². The summed E-state index contributed by atoms with van der Waals surface area (Å²) in [5, 5.41) is 9.19. The van der Waals surface area contributed by atoms with Crippen LogP contribution in [0.4, 0.5) is 0 Å². The molecule has 1 heterocycles. The van der Waals surface area contributed by atoms with E-state index >= 15 is 0 Å². The van der Waals surface area contributed by atoms with E-state index in [-0.39, 0.29) is 12.9 Å². The normalized spacial score (nSPS) is 13.1. The molecule has 5 heteroatoms. The largest absolute Gasteiger partial charge is 0.486 e. The summed E-state index contributed by atoms with van der Waals surface area (Å²) in [6.07, 6.45) is 0.617. The molecule has 0 fully saturated rings. The van der Waals surface area contributed by atoms with Crippen LogP contribution in [-0.4, -0.2) is 25.3 Å². The number of nitrogens with zero attached hydrogens (tertiary/aromatic N) is 2. The molecular formula is C25H24N2O3. The molecule has 0 aliphatic carbocycles. The minimum atomic E-state index is -0.174. The summed E-state index contributed by atoms with van der Waals surface area (Å²) in [6.45, 7) is 1.97. The van der Waals surface area contributed by atoms with Gasteiger partial charge in [0.1, 0.15) is 11.9 Å². The van der Waals surface area contributed by atoms with Gasteiger partial charge in [-0.2, -0.15) is 5.26 Å². The Labute approximate surface area is 177 Å². The van der Waals surface area contributed by atoms with Gasteiger partial charge in [0, 0.05) is 19.5 Å². The predicted molar refractivity (Wildman–Crippen MR) is 114 cm³/mol. The van der Waals surface area contributed by atoms with Gasteiger partial charge in [0.2, 0.25) is 6.79 Å². The van der Waals surface area contributed by atoms with Gasteiger partial charge in [-0.15, -0.1) is 0 Å². The monoisotopic (exact) mass is 400 g/mol. The van der Waals surface area contributed by atoms with Gasteiger partial charge in [0.25, 0.3) is 0 Å². The standard InChI is InChI=1S/C25H24N2O3/c1-27(17-19-6-3-2-4-7-19)13-12-23(30-22-9-5-8-20(14-22)16-26)21-10-11-24-25(15-21)29-18-28-24/h2-11,14-15,23H,12-13,17-18H2,1H3. The molecule has 0 amide bonds. The number of hydrogen-bond acceptors (Lipinski definition) is 5. The number of hydrogen-bond donors (Lipinski definition) is 0. The Morgan fingerprint density at radius 3 is 2.67 bits per heavy atom. The molecule has 3 aromatic rings. The zero-order valence-corrected chi connectivity index (χ0v) is 17.0. The molecule has 0 saturated carbocycles. The van der Waals surface area contributed by atoms with Crippen LogP contribution < -0.4 is 14.2 Å². The summed E-state index contributed by atoms with van der Waals surface area (Å²) < 4.78 is 17.3. The average molecular weight is 400 g/mol. The minimum absolute atomic E-state index is 0.174. The molecule has 0 aromatic heterocycles. The third-order valence-electron chi connectivity index (χ3n) is 5.08. The van der Waals surface area contributed by atoms with Crippen molar-refractivity contribution in [3.63, 3.8) is 0 Å². The number of fused-ring (bicyclic) bond motifs is 1. The molecule has 0 saturated heterocycles. The lowest BCUT2D eigenvalue weighted by Crippen LogP contribution is -2.22. The second kappa shape index (κ2) is 9.34. The minimum Gasteiger partial charge on any atom is -0.486 e. The van der Waals surface area contributed by atoms with Crippen molar-refractivity contribution in [2.45, 2.75) is 19.1 Å². The van der Waals surface area contributed by atoms with E-state index in [1.165, 1.54) is 5.56 Å². The molecule has 0 bridgehead atoms. The molecule has 0 radical (unpaired) electrons. The van der Waals surface area contributed by atoms with Crippen LogP contribution in [0.15, 0.2) is 72.8 Å². The molecule has 1 atom stereocenters. The highest BCUT2D eigenvalue weighted by Gasteiger charge is 2.20. The maximum Gasteiger partial charge on any atom is 0.231 e. The maximum atomic E-state index is 9.19. The van der Waals surface area contributed by atoms with Crippen molar-refractivity contribution < 1.29 is 14.2 Å². The Kier molecular flexibility index (Phi) is 6.17. The van der Waals surface area contributed by atoms with Crippen LogP contribution in [0.1, 0.15) is 29.2 Å². The van der Waals surface area contributed by atoms with E-state index in [4.69, 9.17) is 14.2 Å². The highest BCUT2D eigenvalue weighted by atomic mass is 16.7. The van der Waals surface area contributed by atoms with Crippen LogP contribution in [0.3, 0.4) is 0 Å². The zero-order chi connectivity index (χ0) is 20.8. The Hall–Kier alpha value is -3.49. The Morgan fingerprint density at radius 1 is 1.00 bits per heavy atom. The zero-order valence-electron chi connectivity index (χ0n) is 17.0. The Morgan fingerprint density at radius 2 is 1.83 bits per heavy atom. The van der Waals surface area contributed by atoms with Crippen molar-refractivity contribution in [2.24, 2.45) is 0 Å². The first-order chi connectivity index (χ1) is 14.7. The molecule has 1 aliphatic heterocycles. The van der Waals surface area contributed by atoms with Crippen molar-refractivity contribution >= 4 is 0 Å². The second-order valence-electron chi connectivity index (χ2n) is 7.37. The van der Waals surface area contributed by atoms with Crippen molar-refractivity contribution in [2.75, 3.05) is 20.4 Å². The van der Waals surface area contributed by atoms with Crippen molar-refractivity contribution in [1.29, 1.82) is 5.26 Å². The van der Waals surface area contributed by atoms with Gasteiger partial charge in [-0.25, -0.2) is 0 Å². The van der Waals surface area contributed by atoms with Crippen molar-refractivity contribution in [3.05, 3.63) is 89.5 Å². The van der Waals surface area contributed by atoms with Gasteiger partial charge >= 0.3 is 0 Å². The lowest BCUT2D eigenvalue weighted by molar-refractivity contribution is 0.168. The summed E-state index contributed by atoms with van der Waals surface area (Å²) in [7, 11) is 2.11. The highest BCUT2D eigenvalue weighted by Crippen LogP contribution is 2.36. The molecule has 152 valence electrons. The fourth-order valence-electron chi connectivity index (χ4n) is 3.52. The van der Waals surface area contributed by atoms with Crippen LogP contribution >= 0.6 is 0 Å². The predicted octanol–water partition coefficient (Wildman–Crippen LogP) is 4.93. The first-order valence-corrected chi connectivity index (χ1v) is 10.00. The molecule has 5 nitrogen and oxygen atoms in total. The first kappa shape index (κ1) is 19.8. The number of nitriles is 1. The van der Waals surface area contributed by atoms with E-state index < -0.39 is 0 Å². The molecule has 3 aromatic carbocycles. The smallest absolute Gasteiger partial charge is 0.231 e. The van der Waals surface area contributed by atoms with E-state index in [9.17, 15) is 5.26 Å². The van der Waals surface area contributed by atoms with Crippen molar-refractivity contribution in [3.8, 4) is 23.3 Å². The molecule has 1 unspecified atom stereocenters. The summed E-state index contributed by atoms with van der Waals surface area (Å²) in [6, 6.07) is 25.8. The Bertz CT molecular complexity index is 1030. The average Bonchev–Trinajstić information content (AvgIpc) is 3.25. The first-order valence-electron chi connectivity index (χ1n) is 10.00. The highest BCUT2D eigenvalue weighted by molar-refractivity contribution is 5.45. The lowest BCUT2D eigenvalue weighted by Gasteiger charge is -2.23. The maximum absolute atomic E-state index is 9.19. The van der Waals surface area contributed by atoms with E-state index in [0.29, 0.717) is 11.3 Å². The van der Waals surface area contributed by atoms with Crippen LogP contribution in [0.5, 0.6) is 17.2 Å². The summed E-state index contributed by atoms with van der Waals surface area (Å²) in [5.41, 5.74) is 2.88. The third kappa shape index (κ3) is 4.91. The van der Waals surface area contributed by atoms with Crippen LogP contribution in [-0.2, 0) is 6.54 Å². The molecular weight excluding hydrogens is 376 g/mol.